The second kappa shape index (κ2) is 13.9. The zero-order valence-corrected chi connectivity index (χ0v) is 17.2. The molecule has 0 radical (unpaired) electrons. The Hall–Kier alpha value is -0.390. The monoisotopic (exact) mass is 475 g/mol. The molecular formula is C15H26INO6S. The summed E-state index contributed by atoms with van der Waals surface area (Å²) in [4.78, 5) is 34.5. The van der Waals surface area contributed by atoms with Crippen molar-refractivity contribution in [3.63, 3.8) is 0 Å². The van der Waals surface area contributed by atoms with Crippen LogP contribution in [-0.2, 0) is 23.9 Å². The van der Waals surface area contributed by atoms with E-state index in [4.69, 9.17) is 9.47 Å². The number of aliphatic hydroxyl groups excluding tert-OH is 1. The molecule has 0 rings (SSSR count). The molecule has 0 aromatic rings. The first kappa shape index (κ1) is 23.6. The van der Waals surface area contributed by atoms with E-state index >= 15 is 0 Å². The molecule has 0 fully saturated rings. The van der Waals surface area contributed by atoms with E-state index in [1.807, 2.05) is 6.92 Å². The van der Waals surface area contributed by atoms with E-state index in [2.05, 4.69) is 5.32 Å². The first-order chi connectivity index (χ1) is 11.3. The highest BCUT2D eigenvalue weighted by Gasteiger charge is 2.24. The van der Waals surface area contributed by atoms with Crippen LogP contribution < -0.4 is 5.32 Å². The summed E-state index contributed by atoms with van der Waals surface area (Å²) in [6.45, 7) is 3.44. The molecule has 0 aromatic carbocycles. The van der Waals surface area contributed by atoms with E-state index in [-0.39, 0.29) is 22.7 Å². The molecule has 7 nitrogen and oxygen atoms in total. The highest BCUT2D eigenvalue weighted by atomic mass is 127. The number of halogens is 1. The Morgan fingerprint density at radius 2 is 2.00 bits per heavy atom. The van der Waals surface area contributed by atoms with Crippen molar-refractivity contribution in [1.82, 2.24) is 5.32 Å². The summed E-state index contributed by atoms with van der Waals surface area (Å²) in [5.41, 5.74) is 0. The van der Waals surface area contributed by atoms with Crippen LogP contribution in [0.2, 0.25) is 0 Å². The molecule has 3 unspecified atom stereocenters. The Kier molecular flexibility index (Phi) is 13.6. The van der Waals surface area contributed by atoms with Crippen molar-refractivity contribution in [3.8, 4) is 0 Å². The van der Waals surface area contributed by atoms with E-state index in [0.29, 0.717) is 17.9 Å². The van der Waals surface area contributed by atoms with Gasteiger partial charge in [-0.1, -0.05) is 13.3 Å². The minimum Gasteiger partial charge on any atom is -0.467 e. The smallest absolute Gasteiger partial charge is 0.335 e. The highest BCUT2D eigenvalue weighted by molar-refractivity contribution is 14.1. The van der Waals surface area contributed by atoms with E-state index in [1.165, 1.54) is 18.9 Å². The molecule has 9 heteroatoms. The predicted octanol–water partition coefficient (Wildman–Crippen LogP) is 1.30. The lowest BCUT2D eigenvalue weighted by Crippen LogP contribution is -2.36. The van der Waals surface area contributed by atoms with Gasteiger partial charge in [-0.25, -0.2) is 4.79 Å². The Balaban J connectivity index is 4.25. The number of rotatable bonds is 13. The minimum atomic E-state index is -0.776. The van der Waals surface area contributed by atoms with Gasteiger partial charge in [0.05, 0.1) is 25.9 Å². The average molecular weight is 475 g/mol. The molecule has 0 saturated carbocycles. The highest BCUT2D eigenvalue weighted by Crippen LogP contribution is 2.13. The maximum absolute atomic E-state index is 11.8. The summed E-state index contributed by atoms with van der Waals surface area (Å²) in [7, 11) is 1.28. The number of hydrogen-bond acceptors (Lipinski definition) is 7. The molecule has 0 saturated heterocycles. The van der Waals surface area contributed by atoms with Crippen LogP contribution in [0.4, 0.5) is 0 Å². The van der Waals surface area contributed by atoms with Gasteiger partial charge in [0.1, 0.15) is 0 Å². The van der Waals surface area contributed by atoms with Crippen LogP contribution >= 0.6 is 34.4 Å². The van der Waals surface area contributed by atoms with Crippen molar-refractivity contribution < 1.29 is 29.0 Å². The number of aliphatic hydroxyl groups is 1. The molecular weight excluding hydrogens is 449 g/mol. The third-order valence-electron chi connectivity index (χ3n) is 3.10. The number of thioether (sulfide) groups is 1. The van der Waals surface area contributed by atoms with Crippen LogP contribution in [0.15, 0.2) is 0 Å². The van der Waals surface area contributed by atoms with Gasteiger partial charge in [-0.2, -0.15) is 11.8 Å². The number of ether oxygens (including phenoxy) is 2. The van der Waals surface area contributed by atoms with Gasteiger partial charge in [-0.15, -0.1) is 0 Å². The summed E-state index contributed by atoms with van der Waals surface area (Å²) in [5.74, 6) is 0.115. The van der Waals surface area contributed by atoms with E-state index < -0.39 is 24.2 Å². The maximum atomic E-state index is 11.8. The number of esters is 1. The van der Waals surface area contributed by atoms with Crippen LogP contribution in [0.3, 0.4) is 0 Å². The third kappa shape index (κ3) is 10.5. The second-order valence-electron chi connectivity index (χ2n) is 5.16. The van der Waals surface area contributed by atoms with Crippen molar-refractivity contribution in [1.29, 1.82) is 0 Å². The first-order valence-corrected chi connectivity index (χ1v) is 9.99. The number of amides is 1. The van der Waals surface area contributed by atoms with Gasteiger partial charge in [0, 0.05) is 40.5 Å². The third-order valence-corrected chi connectivity index (χ3v) is 5.06. The molecule has 0 aliphatic rings. The van der Waals surface area contributed by atoms with Gasteiger partial charge in [0.2, 0.25) is 9.70 Å². The standard InChI is InChI=1S/C15H26INO6S/c1-4-5-11(8-18)23-12(15(21)22-3)9-24-7-6-13(19)17-10(2)14(16)20/h10-12,18H,4-9H2,1-3H3,(H,17,19). The molecule has 2 N–H and O–H groups in total. The van der Waals surface area contributed by atoms with Crippen molar-refractivity contribution in [3.05, 3.63) is 0 Å². The molecule has 0 aromatic heterocycles. The fourth-order valence-corrected chi connectivity index (χ4v) is 2.86. The normalized spacial score (nSPS) is 14.5. The quantitative estimate of drug-likeness (QED) is 0.179. The zero-order valence-electron chi connectivity index (χ0n) is 14.2. The summed E-state index contributed by atoms with van der Waals surface area (Å²) >= 11 is 3.03. The Bertz CT molecular complexity index is 409. The summed E-state index contributed by atoms with van der Waals surface area (Å²) < 4.78 is 10.2. The Morgan fingerprint density at radius 1 is 1.33 bits per heavy atom. The van der Waals surface area contributed by atoms with Crippen LogP contribution in [-0.4, -0.2) is 64.2 Å². The van der Waals surface area contributed by atoms with Gasteiger partial charge in [0.25, 0.3) is 0 Å². The fourth-order valence-electron chi connectivity index (χ4n) is 1.78. The van der Waals surface area contributed by atoms with E-state index in [0.717, 1.165) is 6.42 Å². The van der Waals surface area contributed by atoms with Gasteiger partial charge < -0.3 is 19.9 Å². The van der Waals surface area contributed by atoms with Crippen molar-refractivity contribution in [2.75, 3.05) is 25.2 Å². The number of methoxy groups -OCH3 is 1. The fraction of sp³-hybridized carbons (Fsp3) is 0.800. The largest absolute Gasteiger partial charge is 0.467 e. The zero-order chi connectivity index (χ0) is 18.5. The molecule has 1 amide bonds. The van der Waals surface area contributed by atoms with E-state index in [9.17, 15) is 19.5 Å². The van der Waals surface area contributed by atoms with Crippen molar-refractivity contribution in [2.45, 2.75) is 51.4 Å². The van der Waals surface area contributed by atoms with Crippen LogP contribution in [0.5, 0.6) is 0 Å². The molecule has 0 spiro atoms. The summed E-state index contributed by atoms with van der Waals surface area (Å²) in [5, 5.41) is 11.9. The van der Waals surface area contributed by atoms with Gasteiger partial charge >= 0.3 is 5.97 Å². The molecule has 3 atom stereocenters. The summed E-state index contributed by atoms with van der Waals surface area (Å²) in [6, 6.07) is -0.506. The molecule has 0 aliphatic heterocycles. The molecule has 24 heavy (non-hydrogen) atoms. The lowest BCUT2D eigenvalue weighted by molar-refractivity contribution is -0.157. The number of carbonyl (C=O) groups excluding carboxylic acids is 3. The van der Waals surface area contributed by atoms with E-state index in [1.54, 1.807) is 29.5 Å². The number of carbonyl (C=O) groups is 3. The molecule has 140 valence electrons. The lowest BCUT2D eigenvalue weighted by atomic mass is 10.2. The topological polar surface area (TPSA) is 102 Å². The Labute approximate surface area is 160 Å². The SMILES string of the molecule is CCCC(CO)OC(CSCCC(=O)NC(C)C(=O)I)C(=O)OC. The summed E-state index contributed by atoms with van der Waals surface area (Å²) in [6.07, 6.45) is 0.546. The van der Waals surface area contributed by atoms with Gasteiger partial charge in [-0.3, -0.25) is 9.59 Å². The number of nitrogens with one attached hydrogen (secondary N) is 1. The predicted molar refractivity (Wildman–Crippen MR) is 101 cm³/mol. The minimum absolute atomic E-state index is 0.126. The first-order valence-electron chi connectivity index (χ1n) is 7.76. The molecule has 0 heterocycles. The van der Waals surface area contributed by atoms with Crippen LogP contribution in [0, 0.1) is 0 Å². The van der Waals surface area contributed by atoms with Crippen LogP contribution in [0.25, 0.3) is 0 Å². The maximum Gasteiger partial charge on any atom is 0.335 e. The second-order valence-corrected chi connectivity index (χ2v) is 7.37. The van der Waals surface area contributed by atoms with Gasteiger partial charge in [0.15, 0.2) is 6.10 Å². The molecule has 0 aliphatic carbocycles. The van der Waals surface area contributed by atoms with Gasteiger partial charge in [-0.05, 0) is 13.3 Å². The van der Waals surface area contributed by atoms with Crippen molar-refractivity contribution in [2.24, 2.45) is 0 Å². The van der Waals surface area contributed by atoms with Crippen LogP contribution in [0.1, 0.15) is 33.1 Å². The van der Waals surface area contributed by atoms with Crippen molar-refractivity contribution >= 4 is 50.0 Å². The average Bonchev–Trinajstić information content (AvgIpc) is 2.55. The number of hydrogen-bond donors (Lipinski definition) is 2. The Morgan fingerprint density at radius 3 is 2.50 bits per heavy atom. The lowest BCUT2D eigenvalue weighted by Gasteiger charge is -2.21. The molecule has 0 bridgehead atoms.